The molecule has 0 bridgehead atoms. The Labute approximate surface area is 160 Å². The number of benzene rings is 2. The highest BCUT2D eigenvalue weighted by atomic mass is 19.1. The number of hydrogen-bond acceptors (Lipinski definition) is 3. The van der Waals surface area contributed by atoms with Crippen LogP contribution in [0.4, 0.5) is 13.2 Å². The van der Waals surface area contributed by atoms with Crippen molar-refractivity contribution in [2.45, 2.75) is 50.0 Å². The van der Waals surface area contributed by atoms with E-state index in [1.54, 1.807) is 25.1 Å². The van der Waals surface area contributed by atoms with E-state index in [0.29, 0.717) is 34.2 Å². The largest absolute Gasteiger partial charge is 0.384 e. The van der Waals surface area contributed by atoms with Crippen molar-refractivity contribution in [1.29, 1.82) is 10.5 Å². The van der Waals surface area contributed by atoms with Crippen molar-refractivity contribution in [3.8, 4) is 12.1 Å². The summed E-state index contributed by atoms with van der Waals surface area (Å²) in [5.74, 6) is -1.10. The van der Waals surface area contributed by atoms with E-state index in [4.69, 9.17) is 0 Å². The average Bonchev–Trinajstić information content (AvgIpc) is 2.95. The van der Waals surface area contributed by atoms with Crippen molar-refractivity contribution in [3.05, 3.63) is 69.0 Å². The molecular weight excluding hydrogens is 365 g/mol. The minimum absolute atomic E-state index is 0.0574. The SMILES string of the molecule is Cc1ccc([C@H]2CC[C@H](F)c3cc(F)cc(C#N)c32)c2c1[C@H](O)[C@](F)(C#N)C2. The van der Waals surface area contributed by atoms with Gasteiger partial charge in [0, 0.05) is 12.3 Å². The lowest BCUT2D eigenvalue weighted by molar-refractivity contribution is 0.0445. The highest BCUT2D eigenvalue weighted by Crippen LogP contribution is 2.50. The van der Waals surface area contributed by atoms with Gasteiger partial charge in [0.1, 0.15) is 24.2 Å². The molecule has 0 amide bonds. The Morgan fingerprint density at radius 2 is 1.89 bits per heavy atom. The second-order valence-corrected chi connectivity index (χ2v) is 7.58. The molecular formula is C22H17F3N2O. The summed E-state index contributed by atoms with van der Waals surface area (Å²) in [5, 5.41) is 29.2. The molecule has 2 aromatic rings. The molecule has 0 saturated heterocycles. The minimum Gasteiger partial charge on any atom is -0.384 e. The Bertz CT molecular complexity index is 1070. The Hall–Kier alpha value is -2.83. The van der Waals surface area contributed by atoms with E-state index < -0.39 is 29.7 Å². The van der Waals surface area contributed by atoms with Gasteiger partial charge in [0.15, 0.2) is 0 Å². The molecule has 0 spiro atoms. The van der Waals surface area contributed by atoms with Gasteiger partial charge >= 0.3 is 0 Å². The van der Waals surface area contributed by atoms with E-state index >= 15 is 0 Å². The van der Waals surface area contributed by atoms with E-state index in [2.05, 4.69) is 0 Å². The normalized spacial score (nSPS) is 28.2. The molecule has 0 unspecified atom stereocenters. The molecule has 0 saturated carbocycles. The van der Waals surface area contributed by atoms with Crippen molar-refractivity contribution in [1.82, 2.24) is 0 Å². The number of aryl methyl sites for hydroxylation is 1. The van der Waals surface area contributed by atoms with Crippen LogP contribution in [-0.2, 0) is 6.42 Å². The fourth-order valence-corrected chi connectivity index (χ4v) is 4.69. The molecule has 0 radical (unpaired) electrons. The minimum atomic E-state index is -2.43. The molecule has 0 aromatic heterocycles. The maximum Gasteiger partial charge on any atom is 0.229 e. The Morgan fingerprint density at radius 1 is 1.14 bits per heavy atom. The van der Waals surface area contributed by atoms with E-state index in [-0.39, 0.29) is 24.0 Å². The van der Waals surface area contributed by atoms with Crippen LogP contribution in [0.2, 0.25) is 0 Å². The van der Waals surface area contributed by atoms with Crippen LogP contribution in [0.1, 0.15) is 70.0 Å². The van der Waals surface area contributed by atoms with Gasteiger partial charge in [0.05, 0.1) is 11.6 Å². The Kier molecular flexibility index (Phi) is 4.21. The first-order chi connectivity index (χ1) is 13.3. The summed E-state index contributed by atoms with van der Waals surface area (Å²) in [6, 6.07) is 9.24. The lowest BCUT2D eigenvalue weighted by Gasteiger charge is -2.31. The number of halogens is 3. The summed E-state index contributed by atoms with van der Waals surface area (Å²) >= 11 is 0. The van der Waals surface area contributed by atoms with Crippen molar-refractivity contribution in [3.63, 3.8) is 0 Å². The number of nitriles is 2. The van der Waals surface area contributed by atoms with E-state index in [0.717, 1.165) is 12.1 Å². The highest BCUT2D eigenvalue weighted by molar-refractivity contribution is 5.57. The van der Waals surface area contributed by atoms with Crippen molar-refractivity contribution in [2.24, 2.45) is 0 Å². The van der Waals surface area contributed by atoms with Crippen LogP contribution in [0.15, 0.2) is 24.3 Å². The molecule has 142 valence electrons. The second-order valence-electron chi connectivity index (χ2n) is 7.58. The van der Waals surface area contributed by atoms with Crippen LogP contribution >= 0.6 is 0 Å². The molecule has 4 rings (SSSR count). The summed E-state index contributed by atoms with van der Waals surface area (Å²) in [6.45, 7) is 1.73. The van der Waals surface area contributed by atoms with Gasteiger partial charge in [-0.1, -0.05) is 12.1 Å². The molecule has 0 aliphatic heterocycles. The number of rotatable bonds is 1. The third kappa shape index (κ3) is 2.52. The summed E-state index contributed by atoms with van der Waals surface area (Å²) in [4.78, 5) is 0. The van der Waals surface area contributed by atoms with Gasteiger partial charge < -0.3 is 5.11 Å². The quantitative estimate of drug-likeness (QED) is 0.773. The predicted molar refractivity (Wildman–Crippen MR) is 95.3 cm³/mol. The van der Waals surface area contributed by atoms with Crippen molar-refractivity contribution < 1.29 is 18.3 Å². The molecule has 6 heteroatoms. The summed E-state index contributed by atoms with van der Waals surface area (Å²) in [5.41, 5.74) is 0.422. The Balaban J connectivity index is 1.95. The molecule has 2 aliphatic rings. The number of aliphatic hydroxyl groups is 1. The molecule has 4 atom stereocenters. The maximum atomic E-state index is 14.9. The topological polar surface area (TPSA) is 67.8 Å². The lowest BCUT2D eigenvalue weighted by atomic mass is 9.74. The zero-order valence-corrected chi connectivity index (χ0v) is 15.1. The number of hydrogen-bond donors (Lipinski definition) is 1. The van der Waals surface area contributed by atoms with Crippen LogP contribution in [0.5, 0.6) is 0 Å². The average molecular weight is 382 g/mol. The summed E-state index contributed by atoms with van der Waals surface area (Å²) < 4.78 is 43.3. The third-order valence-electron chi connectivity index (χ3n) is 6.01. The first-order valence-electron chi connectivity index (χ1n) is 9.08. The van der Waals surface area contributed by atoms with Crippen LogP contribution in [0, 0.1) is 35.4 Å². The zero-order chi connectivity index (χ0) is 20.2. The predicted octanol–water partition coefficient (Wildman–Crippen LogP) is 4.76. The standard InChI is InChI=1S/C22H17F3N2O/c1-11-2-3-14(17-8-22(25,10-27)21(28)19(11)17)15-4-5-18(24)16-7-13(23)6-12(9-26)20(15)16/h2-3,6-7,15,18,21,28H,4-5,8H2,1H3/t15-,18+,21+,22-/m1/s1. The molecule has 2 aromatic carbocycles. The molecule has 0 fully saturated rings. The summed E-state index contributed by atoms with van der Waals surface area (Å²) in [7, 11) is 0. The van der Waals surface area contributed by atoms with E-state index in [1.807, 2.05) is 6.07 Å². The fourth-order valence-electron chi connectivity index (χ4n) is 4.69. The number of fused-ring (bicyclic) bond motifs is 2. The maximum absolute atomic E-state index is 14.9. The van der Waals surface area contributed by atoms with Gasteiger partial charge in [-0.3, -0.25) is 0 Å². The monoisotopic (exact) mass is 382 g/mol. The smallest absolute Gasteiger partial charge is 0.229 e. The molecule has 0 heterocycles. The number of nitrogens with zero attached hydrogens (tertiary/aromatic N) is 2. The van der Waals surface area contributed by atoms with Crippen LogP contribution in [-0.4, -0.2) is 10.8 Å². The van der Waals surface area contributed by atoms with Gasteiger partial charge in [0.2, 0.25) is 5.67 Å². The van der Waals surface area contributed by atoms with Crippen molar-refractivity contribution in [2.75, 3.05) is 0 Å². The fraction of sp³-hybridized carbons (Fsp3) is 0.364. The number of aliphatic hydroxyl groups excluding tert-OH is 1. The van der Waals surface area contributed by atoms with Gasteiger partial charge in [-0.15, -0.1) is 0 Å². The van der Waals surface area contributed by atoms with Crippen LogP contribution < -0.4 is 0 Å². The van der Waals surface area contributed by atoms with Gasteiger partial charge in [0.25, 0.3) is 0 Å². The van der Waals surface area contributed by atoms with Crippen molar-refractivity contribution >= 4 is 0 Å². The zero-order valence-electron chi connectivity index (χ0n) is 15.1. The van der Waals surface area contributed by atoms with Gasteiger partial charge in [-0.2, -0.15) is 10.5 Å². The molecule has 2 aliphatic carbocycles. The Morgan fingerprint density at radius 3 is 2.57 bits per heavy atom. The van der Waals surface area contributed by atoms with Gasteiger partial charge in [-0.05, 0) is 65.3 Å². The van der Waals surface area contributed by atoms with E-state index in [1.165, 1.54) is 0 Å². The molecule has 1 N–H and O–H groups in total. The van der Waals surface area contributed by atoms with E-state index in [9.17, 15) is 28.8 Å². The highest BCUT2D eigenvalue weighted by Gasteiger charge is 2.49. The van der Waals surface area contributed by atoms with Gasteiger partial charge in [-0.25, -0.2) is 13.2 Å². The lowest BCUT2D eigenvalue weighted by Crippen LogP contribution is -2.26. The first-order valence-corrected chi connectivity index (χ1v) is 9.08. The number of alkyl halides is 2. The van der Waals surface area contributed by atoms with Crippen LogP contribution in [0.25, 0.3) is 0 Å². The third-order valence-corrected chi connectivity index (χ3v) is 6.01. The molecule has 28 heavy (non-hydrogen) atoms. The second kappa shape index (κ2) is 6.36. The first kappa shape index (κ1) is 18.5. The molecule has 3 nitrogen and oxygen atoms in total. The van der Waals surface area contributed by atoms with Crippen LogP contribution in [0.3, 0.4) is 0 Å². The summed E-state index contributed by atoms with van der Waals surface area (Å²) in [6.07, 6.45) is -2.70.